The zero-order valence-corrected chi connectivity index (χ0v) is 17.4. The fraction of sp³-hybridized carbons (Fsp3) is 0.435. The summed E-state index contributed by atoms with van der Waals surface area (Å²) in [6.45, 7) is 5.63. The molecule has 152 valence electrons. The molecule has 0 atom stereocenters. The van der Waals surface area contributed by atoms with Crippen LogP contribution in [0.4, 0.5) is 5.69 Å². The maximum absolute atomic E-state index is 12.0. The summed E-state index contributed by atoms with van der Waals surface area (Å²) >= 11 is 1.82. The molecule has 0 radical (unpaired) electrons. The number of carbonyl (C=O) groups is 1. The van der Waals surface area contributed by atoms with E-state index in [1.54, 1.807) is 18.4 Å². The van der Waals surface area contributed by atoms with Gasteiger partial charge in [0.25, 0.3) is 5.91 Å². The number of rotatable bonds is 6. The van der Waals surface area contributed by atoms with Gasteiger partial charge in [-0.15, -0.1) is 11.3 Å². The van der Waals surface area contributed by atoms with E-state index in [1.165, 1.54) is 28.7 Å². The van der Waals surface area contributed by atoms with Gasteiger partial charge in [0, 0.05) is 48.0 Å². The molecule has 5 rings (SSSR count). The van der Waals surface area contributed by atoms with Crippen molar-refractivity contribution >= 4 is 33.0 Å². The summed E-state index contributed by atoms with van der Waals surface area (Å²) in [6, 6.07) is 12.7. The molecule has 1 N–H and O–H groups in total. The molecule has 1 saturated carbocycles. The highest BCUT2D eigenvalue weighted by Gasteiger charge is 2.31. The highest BCUT2D eigenvalue weighted by molar-refractivity contribution is 7.17. The van der Waals surface area contributed by atoms with Crippen molar-refractivity contribution in [3.63, 3.8) is 0 Å². The summed E-state index contributed by atoms with van der Waals surface area (Å²) in [5, 5.41) is 6.65. The number of furan rings is 1. The van der Waals surface area contributed by atoms with Gasteiger partial charge in [0.1, 0.15) is 0 Å². The molecular formula is C23H27N3O2S. The number of thiophene rings is 1. The van der Waals surface area contributed by atoms with E-state index in [9.17, 15) is 4.79 Å². The van der Waals surface area contributed by atoms with E-state index in [4.69, 9.17) is 4.42 Å². The van der Waals surface area contributed by atoms with E-state index in [0.29, 0.717) is 11.8 Å². The Morgan fingerprint density at radius 3 is 2.76 bits per heavy atom. The van der Waals surface area contributed by atoms with Gasteiger partial charge in [-0.3, -0.25) is 9.69 Å². The van der Waals surface area contributed by atoms with E-state index in [2.05, 4.69) is 44.8 Å². The lowest BCUT2D eigenvalue weighted by atomic mass is 9.78. The molecule has 1 aromatic carbocycles. The van der Waals surface area contributed by atoms with Crippen LogP contribution in [0.3, 0.4) is 0 Å². The summed E-state index contributed by atoms with van der Waals surface area (Å²) in [5.41, 5.74) is 1.39. The van der Waals surface area contributed by atoms with Gasteiger partial charge in [-0.05, 0) is 67.4 Å². The number of hydrogen-bond donors (Lipinski definition) is 1. The van der Waals surface area contributed by atoms with Crippen molar-refractivity contribution in [2.75, 3.05) is 37.6 Å². The van der Waals surface area contributed by atoms with E-state index in [-0.39, 0.29) is 5.91 Å². The van der Waals surface area contributed by atoms with Gasteiger partial charge in [-0.2, -0.15) is 0 Å². The summed E-state index contributed by atoms with van der Waals surface area (Å²) in [7, 11) is 0. The third kappa shape index (κ3) is 4.05. The van der Waals surface area contributed by atoms with Gasteiger partial charge in [0.15, 0.2) is 5.76 Å². The molecular weight excluding hydrogens is 382 g/mol. The fourth-order valence-corrected chi connectivity index (χ4v) is 5.39. The number of nitrogens with zero attached hydrogens (tertiary/aromatic N) is 2. The second kappa shape index (κ2) is 8.20. The Hall–Kier alpha value is -2.31. The summed E-state index contributed by atoms with van der Waals surface area (Å²) in [6.07, 6.45) is 4.95. The quantitative estimate of drug-likeness (QED) is 0.662. The van der Waals surface area contributed by atoms with Crippen molar-refractivity contribution in [1.82, 2.24) is 10.2 Å². The van der Waals surface area contributed by atoms with Crippen LogP contribution in [-0.4, -0.2) is 49.6 Å². The van der Waals surface area contributed by atoms with E-state index in [1.807, 2.05) is 11.3 Å². The van der Waals surface area contributed by atoms with Gasteiger partial charge < -0.3 is 14.6 Å². The predicted molar refractivity (Wildman–Crippen MR) is 118 cm³/mol. The van der Waals surface area contributed by atoms with Gasteiger partial charge in [0.2, 0.25) is 0 Å². The summed E-state index contributed by atoms with van der Waals surface area (Å²) < 4.78 is 6.53. The zero-order chi connectivity index (χ0) is 19.6. The molecule has 1 aliphatic heterocycles. The molecule has 2 aromatic heterocycles. The largest absolute Gasteiger partial charge is 0.459 e. The highest BCUT2D eigenvalue weighted by Crippen LogP contribution is 2.32. The smallest absolute Gasteiger partial charge is 0.287 e. The van der Waals surface area contributed by atoms with Gasteiger partial charge in [0.05, 0.1) is 6.26 Å². The monoisotopic (exact) mass is 409 g/mol. The average molecular weight is 410 g/mol. The first-order valence-corrected chi connectivity index (χ1v) is 11.4. The minimum absolute atomic E-state index is 0.0878. The van der Waals surface area contributed by atoms with Gasteiger partial charge in [-0.25, -0.2) is 0 Å². The Morgan fingerprint density at radius 2 is 1.97 bits per heavy atom. The van der Waals surface area contributed by atoms with Crippen LogP contribution in [0.25, 0.3) is 10.1 Å². The third-order valence-electron chi connectivity index (χ3n) is 6.36. The van der Waals surface area contributed by atoms with Crippen LogP contribution in [0.1, 0.15) is 29.8 Å². The molecule has 0 unspecified atom stereocenters. The van der Waals surface area contributed by atoms with E-state index in [0.717, 1.165) is 44.9 Å². The highest BCUT2D eigenvalue weighted by atomic mass is 32.1. The number of fused-ring (bicyclic) bond motifs is 1. The van der Waals surface area contributed by atoms with Crippen LogP contribution in [0, 0.1) is 5.92 Å². The number of anilines is 1. The Kier molecular flexibility index (Phi) is 5.29. The molecule has 2 aliphatic rings. The predicted octanol–water partition coefficient (Wildman–Crippen LogP) is 4.22. The Bertz CT molecular complexity index is 954. The van der Waals surface area contributed by atoms with Crippen LogP contribution in [0.2, 0.25) is 0 Å². The molecule has 1 saturated heterocycles. The maximum Gasteiger partial charge on any atom is 0.287 e. The Balaban J connectivity index is 1.04. The molecule has 29 heavy (non-hydrogen) atoms. The van der Waals surface area contributed by atoms with Crippen molar-refractivity contribution in [3.8, 4) is 0 Å². The summed E-state index contributed by atoms with van der Waals surface area (Å²) in [5.74, 6) is 1.05. The minimum atomic E-state index is -0.0878. The van der Waals surface area contributed by atoms with Crippen LogP contribution >= 0.6 is 11.3 Å². The Morgan fingerprint density at radius 1 is 1.10 bits per heavy atom. The number of benzene rings is 1. The second-order valence-corrected chi connectivity index (χ2v) is 9.16. The van der Waals surface area contributed by atoms with Crippen LogP contribution in [0.5, 0.6) is 0 Å². The molecule has 3 aromatic rings. The number of piperazine rings is 1. The lowest BCUT2D eigenvalue weighted by Crippen LogP contribution is -2.48. The second-order valence-electron chi connectivity index (χ2n) is 8.21. The fourth-order valence-electron chi connectivity index (χ4n) is 4.58. The lowest BCUT2D eigenvalue weighted by molar-refractivity contribution is 0.0849. The molecule has 3 heterocycles. The third-order valence-corrected chi connectivity index (χ3v) is 7.24. The molecule has 1 aliphatic carbocycles. The number of nitrogens with one attached hydrogen (secondary N) is 1. The topological polar surface area (TPSA) is 48.7 Å². The standard InChI is InChI=1S/C23H27N3O2S/c27-23(21-4-2-13-28-21)24-18-15-17(16-18)6-8-25-9-11-26(12-10-25)20-3-1-5-22-19(20)7-14-29-22/h1-5,7,13-14,17-18H,6,8-12,15-16H2,(H,24,27). The van der Waals surface area contributed by atoms with Crippen molar-refractivity contribution in [1.29, 1.82) is 0 Å². The van der Waals surface area contributed by atoms with Crippen LogP contribution in [-0.2, 0) is 0 Å². The van der Waals surface area contributed by atoms with Crippen molar-refractivity contribution in [2.24, 2.45) is 5.92 Å². The SMILES string of the molecule is O=C(NC1CC(CCN2CCN(c3cccc4sccc34)CC2)C1)c1ccco1. The summed E-state index contributed by atoms with van der Waals surface area (Å²) in [4.78, 5) is 17.1. The van der Waals surface area contributed by atoms with Gasteiger partial charge in [-0.1, -0.05) is 6.07 Å². The minimum Gasteiger partial charge on any atom is -0.459 e. The first-order valence-electron chi connectivity index (χ1n) is 10.5. The first-order chi connectivity index (χ1) is 14.3. The maximum atomic E-state index is 12.0. The molecule has 6 heteroatoms. The van der Waals surface area contributed by atoms with E-state index < -0.39 is 0 Å². The van der Waals surface area contributed by atoms with Crippen LogP contribution in [0.15, 0.2) is 52.5 Å². The zero-order valence-electron chi connectivity index (χ0n) is 16.5. The van der Waals surface area contributed by atoms with Crippen molar-refractivity contribution in [3.05, 3.63) is 53.8 Å². The van der Waals surface area contributed by atoms with E-state index >= 15 is 0 Å². The number of carbonyl (C=O) groups excluding carboxylic acids is 1. The van der Waals surface area contributed by atoms with Crippen molar-refractivity contribution in [2.45, 2.75) is 25.3 Å². The average Bonchev–Trinajstić information content (AvgIpc) is 3.41. The van der Waals surface area contributed by atoms with Gasteiger partial charge >= 0.3 is 0 Å². The Labute approximate surface area is 175 Å². The van der Waals surface area contributed by atoms with Crippen LogP contribution < -0.4 is 10.2 Å². The molecule has 5 nitrogen and oxygen atoms in total. The normalized spacial score (nSPS) is 22.6. The first kappa shape index (κ1) is 18.7. The molecule has 0 spiro atoms. The number of amides is 1. The lowest BCUT2D eigenvalue weighted by Gasteiger charge is -2.39. The molecule has 0 bridgehead atoms. The number of hydrogen-bond acceptors (Lipinski definition) is 5. The molecule has 1 amide bonds. The molecule has 2 fully saturated rings. The van der Waals surface area contributed by atoms with Crippen molar-refractivity contribution < 1.29 is 9.21 Å².